The minimum atomic E-state index is -0.0737. The molecule has 3 rings (SSSR count). The molecule has 1 aliphatic rings. The average Bonchev–Trinajstić information content (AvgIpc) is 2.67. The summed E-state index contributed by atoms with van der Waals surface area (Å²) in [7, 11) is 1.75. The van der Waals surface area contributed by atoms with E-state index in [1.54, 1.807) is 18.0 Å². The summed E-state index contributed by atoms with van der Waals surface area (Å²) >= 11 is 9.67. The van der Waals surface area contributed by atoms with Crippen LogP contribution in [-0.2, 0) is 0 Å². The summed E-state index contributed by atoms with van der Waals surface area (Å²) in [4.78, 5) is 19.3. The van der Waals surface area contributed by atoms with E-state index in [0.29, 0.717) is 22.3 Å². The smallest absolute Gasteiger partial charge is 0.258 e. The molecule has 2 aromatic carbocycles. The maximum atomic E-state index is 12.8. The molecule has 1 amide bonds. The van der Waals surface area contributed by atoms with Crippen molar-refractivity contribution in [2.45, 2.75) is 19.9 Å². The Morgan fingerprint density at radius 1 is 1.07 bits per heavy atom. The second-order valence-electron chi connectivity index (χ2n) is 7.12. The normalized spacial score (nSPS) is 15.3. The maximum Gasteiger partial charge on any atom is 0.258 e. The molecule has 6 heteroatoms. The molecule has 0 N–H and O–H groups in total. The predicted molar refractivity (Wildman–Crippen MR) is 117 cm³/mol. The number of hydrogen-bond donors (Lipinski definition) is 0. The summed E-state index contributed by atoms with van der Waals surface area (Å²) < 4.78 is 0.888. The number of carbonyl (C=O) groups is 1. The second-order valence-corrected chi connectivity index (χ2v) is 8.45. The Kier molecular flexibility index (Phi) is 6.45. The summed E-state index contributed by atoms with van der Waals surface area (Å²) in [5.74, 6) is -0.0737. The van der Waals surface area contributed by atoms with E-state index in [4.69, 9.17) is 11.6 Å². The van der Waals surface area contributed by atoms with Crippen LogP contribution >= 0.6 is 27.5 Å². The lowest BCUT2D eigenvalue weighted by molar-refractivity contribution is 0.0993. The van der Waals surface area contributed by atoms with Crippen LogP contribution in [0.3, 0.4) is 0 Å². The number of piperazine rings is 1. The highest BCUT2D eigenvalue weighted by molar-refractivity contribution is 9.10. The molecule has 0 aromatic heterocycles. The molecule has 0 unspecified atom stereocenters. The molecule has 1 fully saturated rings. The zero-order valence-corrected chi connectivity index (χ0v) is 18.3. The van der Waals surface area contributed by atoms with Gasteiger partial charge in [-0.05, 0) is 56.3 Å². The molecule has 0 bridgehead atoms. The van der Waals surface area contributed by atoms with Gasteiger partial charge in [0, 0.05) is 55.0 Å². The molecule has 0 aliphatic carbocycles. The molecule has 0 radical (unpaired) electrons. The molecule has 1 heterocycles. The Bertz CT molecular complexity index is 802. The fourth-order valence-electron chi connectivity index (χ4n) is 3.37. The number of nitrogens with zero attached hydrogens (tertiary/aromatic N) is 3. The van der Waals surface area contributed by atoms with Crippen molar-refractivity contribution in [3.05, 3.63) is 57.5 Å². The molecule has 0 spiro atoms. The first-order chi connectivity index (χ1) is 12.9. The summed E-state index contributed by atoms with van der Waals surface area (Å²) in [6, 6.07) is 14.0. The largest absolute Gasteiger partial charge is 0.369 e. The van der Waals surface area contributed by atoms with Gasteiger partial charge in [0.2, 0.25) is 0 Å². The van der Waals surface area contributed by atoms with E-state index in [1.807, 2.05) is 36.4 Å². The third-order valence-electron chi connectivity index (χ3n) is 5.10. The number of carbonyl (C=O) groups excluding carboxylic acids is 1. The van der Waals surface area contributed by atoms with Crippen LogP contribution in [0.2, 0.25) is 5.02 Å². The van der Waals surface area contributed by atoms with Crippen molar-refractivity contribution >= 4 is 44.8 Å². The summed E-state index contributed by atoms with van der Waals surface area (Å²) in [5, 5.41) is 0.542. The average molecular weight is 451 g/mol. The Labute approximate surface area is 174 Å². The van der Waals surface area contributed by atoms with Crippen molar-refractivity contribution < 1.29 is 4.79 Å². The highest BCUT2D eigenvalue weighted by atomic mass is 79.9. The van der Waals surface area contributed by atoms with Crippen LogP contribution in [0.25, 0.3) is 0 Å². The van der Waals surface area contributed by atoms with Gasteiger partial charge in [-0.1, -0.05) is 27.5 Å². The number of anilines is 2. The fourth-order valence-corrected chi connectivity index (χ4v) is 4.17. The Hall–Kier alpha value is -1.56. The minimum absolute atomic E-state index is 0.0737. The Morgan fingerprint density at radius 2 is 1.70 bits per heavy atom. The summed E-state index contributed by atoms with van der Waals surface area (Å²) in [5.41, 5.74) is 2.51. The predicted octanol–water partition coefficient (Wildman–Crippen LogP) is 4.91. The number of benzene rings is 2. The van der Waals surface area contributed by atoms with Crippen LogP contribution in [-0.4, -0.2) is 50.1 Å². The van der Waals surface area contributed by atoms with Gasteiger partial charge >= 0.3 is 0 Å². The van der Waals surface area contributed by atoms with Crippen molar-refractivity contribution in [2.75, 3.05) is 43.0 Å². The van der Waals surface area contributed by atoms with Gasteiger partial charge in [0.25, 0.3) is 5.91 Å². The zero-order chi connectivity index (χ0) is 19.6. The van der Waals surface area contributed by atoms with E-state index in [9.17, 15) is 4.79 Å². The number of rotatable bonds is 4. The standard InChI is InChI=1S/C21H25BrClN3O/c1-15(2)25-10-12-26(13-11-25)18-7-4-16(5-8-18)21(27)24(3)20-9-6-17(22)14-19(20)23/h4-9,14-15H,10-13H2,1-3H3. The molecule has 4 nitrogen and oxygen atoms in total. The minimum Gasteiger partial charge on any atom is -0.369 e. The third-order valence-corrected chi connectivity index (χ3v) is 5.90. The first kappa shape index (κ1) is 20.2. The van der Waals surface area contributed by atoms with Crippen LogP contribution < -0.4 is 9.80 Å². The van der Waals surface area contributed by atoms with Crippen LogP contribution in [0.1, 0.15) is 24.2 Å². The lowest BCUT2D eigenvalue weighted by Crippen LogP contribution is -2.48. The van der Waals surface area contributed by atoms with Gasteiger partial charge in [0.05, 0.1) is 10.7 Å². The maximum absolute atomic E-state index is 12.8. The molecular weight excluding hydrogens is 426 g/mol. The zero-order valence-electron chi connectivity index (χ0n) is 16.0. The number of amides is 1. The van der Waals surface area contributed by atoms with Crippen molar-refractivity contribution in [1.29, 1.82) is 0 Å². The molecular formula is C21H25BrClN3O. The van der Waals surface area contributed by atoms with E-state index >= 15 is 0 Å². The highest BCUT2D eigenvalue weighted by Crippen LogP contribution is 2.29. The van der Waals surface area contributed by atoms with E-state index in [0.717, 1.165) is 30.7 Å². The van der Waals surface area contributed by atoms with E-state index < -0.39 is 0 Å². The number of hydrogen-bond acceptors (Lipinski definition) is 3. The highest BCUT2D eigenvalue weighted by Gasteiger charge is 2.20. The molecule has 2 aromatic rings. The Morgan fingerprint density at radius 3 is 2.26 bits per heavy atom. The van der Waals surface area contributed by atoms with Crippen LogP contribution in [0.5, 0.6) is 0 Å². The molecule has 144 valence electrons. The molecule has 0 saturated carbocycles. The molecule has 27 heavy (non-hydrogen) atoms. The number of halogens is 2. The topological polar surface area (TPSA) is 26.8 Å². The van der Waals surface area contributed by atoms with Gasteiger partial charge in [-0.2, -0.15) is 0 Å². The first-order valence-corrected chi connectivity index (χ1v) is 10.4. The second kappa shape index (κ2) is 8.63. The van der Waals surface area contributed by atoms with Gasteiger partial charge < -0.3 is 9.80 Å². The lowest BCUT2D eigenvalue weighted by Gasteiger charge is -2.38. The van der Waals surface area contributed by atoms with Gasteiger partial charge in [0.1, 0.15) is 0 Å². The van der Waals surface area contributed by atoms with Crippen LogP contribution in [0.4, 0.5) is 11.4 Å². The molecule has 0 atom stereocenters. The van der Waals surface area contributed by atoms with Crippen molar-refractivity contribution in [1.82, 2.24) is 4.90 Å². The van der Waals surface area contributed by atoms with Crippen molar-refractivity contribution in [3.8, 4) is 0 Å². The van der Waals surface area contributed by atoms with Crippen molar-refractivity contribution in [3.63, 3.8) is 0 Å². The summed E-state index contributed by atoms with van der Waals surface area (Å²) in [6.45, 7) is 8.65. The van der Waals surface area contributed by atoms with Gasteiger partial charge in [0.15, 0.2) is 0 Å². The quantitative estimate of drug-likeness (QED) is 0.662. The molecule has 1 aliphatic heterocycles. The van der Waals surface area contributed by atoms with E-state index in [1.165, 1.54) is 5.69 Å². The van der Waals surface area contributed by atoms with Gasteiger partial charge in [-0.3, -0.25) is 9.69 Å². The first-order valence-electron chi connectivity index (χ1n) is 9.19. The lowest BCUT2D eigenvalue weighted by atomic mass is 10.1. The third kappa shape index (κ3) is 4.65. The van der Waals surface area contributed by atoms with Crippen molar-refractivity contribution in [2.24, 2.45) is 0 Å². The van der Waals surface area contributed by atoms with E-state index in [2.05, 4.69) is 39.6 Å². The van der Waals surface area contributed by atoms with Crippen LogP contribution in [0.15, 0.2) is 46.9 Å². The van der Waals surface area contributed by atoms with E-state index in [-0.39, 0.29) is 5.91 Å². The van der Waals surface area contributed by atoms with Gasteiger partial charge in [-0.15, -0.1) is 0 Å². The van der Waals surface area contributed by atoms with Crippen LogP contribution in [0, 0.1) is 0 Å². The fraction of sp³-hybridized carbons (Fsp3) is 0.381. The monoisotopic (exact) mass is 449 g/mol. The molecule has 1 saturated heterocycles. The van der Waals surface area contributed by atoms with Gasteiger partial charge in [-0.25, -0.2) is 0 Å². The SMILES string of the molecule is CC(C)N1CCN(c2ccc(C(=O)N(C)c3ccc(Br)cc3Cl)cc2)CC1. The summed E-state index contributed by atoms with van der Waals surface area (Å²) in [6.07, 6.45) is 0. The Balaban J connectivity index is 1.69.